The van der Waals surface area contributed by atoms with Gasteiger partial charge in [0.15, 0.2) is 0 Å². The molecule has 0 heterocycles. The normalized spacial score (nSPS) is 10.8. The summed E-state index contributed by atoms with van der Waals surface area (Å²) in [5.41, 5.74) is 8.36. The van der Waals surface area contributed by atoms with Crippen LogP contribution in [0.15, 0.2) is 132 Å². The van der Waals surface area contributed by atoms with E-state index in [0.29, 0.717) is 10.0 Å². The van der Waals surface area contributed by atoms with Crippen molar-refractivity contribution in [3.63, 3.8) is 0 Å². The second-order valence-electron chi connectivity index (χ2n) is 17.9. The van der Waals surface area contributed by atoms with Crippen molar-refractivity contribution in [2.45, 2.75) is 91.9 Å². The number of halogens is 3. The average Bonchev–Trinajstić information content (AvgIpc) is 3.19. The Labute approximate surface area is 404 Å². The monoisotopic (exact) mass is 1100 g/mol. The third-order valence-electron chi connectivity index (χ3n) is 7.45. The molecule has 0 radical (unpaired) electrons. The fourth-order valence-electron chi connectivity index (χ4n) is 4.82. The summed E-state index contributed by atoms with van der Waals surface area (Å²) in [5, 5.41) is 32.2. The summed E-state index contributed by atoms with van der Waals surface area (Å²) in [7, 11) is 6.55. The maximum Gasteiger partial charge on any atom is -0.0134 e. The maximum atomic E-state index is 10.9. The van der Waals surface area contributed by atoms with Crippen molar-refractivity contribution in [1.82, 2.24) is 0 Å². The molecule has 0 saturated carbocycles. The predicted octanol–water partition coefficient (Wildman–Crippen LogP) is 13.9. The molecular formula is C48H60BrCl2N4O4PPdSi2. The summed E-state index contributed by atoms with van der Waals surface area (Å²) in [6.07, 6.45) is 5.12. The van der Waals surface area contributed by atoms with Crippen LogP contribution in [0.5, 0.6) is 0 Å². The average molecular weight is 1100 g/mol. The quantitative estimate of drug-likeness (QED) is 0.0552. The Balaban J connectivity index is 0.000000433. The van der Waals surface area contributed by atoms with Crippen molar-refractivity contribution in [3.8, 4) is 23.4 Å². The van der Waals surface area contributed by atoms with E-state index in [4.69, 9.17) is 25.5 Å². The number of non-ortho nitro benzene ring substituents is 2. The summed E-state index contributed by atoms with van der Waals surface area (Å²) < 4.78 is 0.701. The second-order valence-corrected chi connectivity index (χ2v) is 32.9. The Bertz CT molecular complexity index is 2190. The molecule has 63 heavy (non-hydrogen) atoms. The van der Waals surface area contributed by atoms with Crippen molar-refractivity contribution in [3.05, 3.63) is 158 Å². The van der Waals surface area contributed by atoms with Crippen molar-refractivity contribution < 1.29 is 25.8 Å². The van der Waals surface area contributed by atoms with Gasteiger partial charge in [0, 0.05) is 45.5 Å². The fraction of sp³-hybridized carbons (Fsp3) is 0.292. The molecule has 0 saturated heterocycles. The smallest absolute Gasteiger partial charge is 0.0134 e. The third kappa shape index (κ3) is 25.3. The van der Waals surface area contributed by atoms with Crippen LogP contribution in [0.2, 0.25) is 39.3 Å². The number of hydrogen-bond acceptors (Lipinski definition) is 6. The van der Waals surface area contributed by atoms with Gasteiger partial charge in [-0.25, -0.2) is 0 Å². The summed E-state index contributed by atoms with van der Waals surface area (Å²) >= 11 is 3.20. The van der Waals surface area contributed by atoms with Crippen molar-refractivity contribution >= 4 is 97.7 Å². The number of benzene rings is 5. The molecule has 0 amide bonds. The number of anilines is 2. The number of nitro benzene ring substituents is 2. The minimum Gasteiger partial charge on any atom is -0.0622 e. The molecule has 5 aromatic carbocycles. The molecule has 5 aromatic rings. The zero-order chi connectivity index (χ0) is 48.0. The largest absolute Gasteiger partial charge is 0.0622 e. The molecule has 0 aliphatic heterocycles. The number of nitrogens with one attached hydrogen (secondary N) is 2. The first-order valence-electron chi connectivity index (χ1n) is 19.8. The predicted molar refractivity (Wildman–Crippen MR) is 280 cm³/mol. The molecule has 0 spiro atoms. The van der Waals surface area contributed by atoms with Crippen molar-refractivity contribution in [2.75, 3.05) is 10.6 Å². The van der Waals surface area contributed by atoms with Gasteiger partial charge in [-0.2, -0.15) is 0 Å². The minimum absolute atomic E-state index is 0.0708. The molecule has 5 rings (SSSR count). The zero-order valence-corrected chi connectivity index (χ0v) is 45.7. The second kappa shape index (κ2) is 27.5. The number of hydrogen-bond donors (Lipinski definition) is 2. The molecule has 0 aliphatic carbocycles. The molecule has 2 N–H and O–H groups in total. The van der Waals surface area contributed by atoms with E-state index >= 15 is 0 Å². The van der Waals surface area contributed by atoms with Crippen LogP contribution < -0.4 is 26.5 Å². The van der Waals surface area contributed by atoms with Crippen LogP contribution in [0.4, 0.5) is 22.7 Å². The Morgan fingerprint density at radius 2 is 0.952 bits per heavy atom. The Morgan fingerprint density at radius 3 is 1.25 bits per heavy atom. The van der Waals surface area contributed by atoms with Crippen LogP contribution in [0.3, 0.4) is 0 Å². The van der Waals surface area contributed by atoms with Gasteiger partial charge in [0.05, 0.1) is 21.1 Å². The van der Waals surface area contributed by atoms with Crippen LogP contribution >= 0.6 is 42.9 Å². The van der Waals surface area contributed by atoms with Crippen LogP contribution in [0.25, 0.3) is 0 Å². The Kier molecular flexibility index (Phi) is 25.0. The van der Waals surface area contributed by atoms with E-state index < -0.39 is 29.0 Å². The van der Waals surface area contributed by atoms with E-state index in [9.17, 15) is 20.2 Å². The standard InChI is InChI=1S/C18H15P.C15H22N2O2Si.C10H13BrN2O2.C5H10Si.2ClH.Pd/c1-4-10-16(11-5-1)19(17-12-6-2-7-13-17)18-14-8-3-9-15-18;1-15(2,3)16-14-8-7-13(17(18)19)11-12(14)9-10-20(4,5)6;1-10(2,3)12-9-5-4-7(13(14)15)6-8(9)11;1-5-6(2,3)4;;;/h1-15H;7-8,11,16H,1-6H3;4-6,12H,1-3H3;1H,2-4H3;2*1H;/q;;;;;;+2/p-2. The fourth-order valence-corrected chi connectivity index (χ4v) is 8.10. The third-order valence-corrected chi connectivity index (χ3v) is 12.3. The molecule has 0 aromatic heterocycles. The summed E-state index contributed by atoms with van der Waals surface area (Å²) in [4.78, 5) is 20.6. The van der Waals surface area contributed by atoms with Crippen LogP contribution in [0.1, 0.15) is 47.1 Å². The van der Waals surface area contributed by atoms with Gasteiger partial charge in [0.25, 0.3) is 11.4 Å². The van der Waals surface area contributed by atoms with E-state index in [2.05, 4.69) is 174 Å². The first-order chi connectivity index (χ1) is 29.2. The summed E-state index contributed by atoms with van der Waals surface area (Å²) in [6, 6.07) is 41.8. The molecule has 0 bridgehead atoms. The van der Waals surface area contributed by atoms with E-state index in [0.717, 1.165) is 11.4 Å². The van der Waals surface area contributed by atoms with Gasteiger partial charge in [0.1, 0.15) is 16.1 Å². The van der Waals surface area contributed by atoms with Crippen LogP contribution in [-0.4, -0.2) is 37.1 Å². The number of nitro groups is 2. The van der Waals surface area contributed by atoms with E-state index in [1.54, 1.807) is 18.2 Å². The van der Waals surface area contributed by atoms with Gasteiger partial charge < -0.3 is 10.6 Å². The topological polar surface area (TPSA) is 110 Å². The van der Waals surface area contributed by atoms with Gasteiger partial charge in [-0.1, -0.05) is 136 Å². The molecule has 0 atom stereocenters. The first-order valence-corrected chi connectivity index (χ1v) is 32.9. The first kappa shape index (κ1) is 57.2. The molecular weight excluding hydrogens is 1040 g/mol. The number of nitrogens with zero attached hydrogens (tertiary/aromatic N) is 2. The zero-order valence-electron chi connectivity index (χ0n) is 38.1. The molecule has 340 valence electrons. The summed E-state index contributed by atoms with van der Waals surface area (Å²) in [6.45, 7) is 25.1. The summed E-state index contributed by atoms with van der Waals surface area (Å²) in [5.74, 6) is 3.12. The van der Waals surface area contributed by atoms with Gasteiger partial charge in [-0.3, -0.25) is 20.2 Å². The van der Waals surface area contributed by atoms with Gasteiger partial charge in [-0.05, 0) is 93.4 Å². The van der Waals surface area contributed by atoms with Gasteiger partial charge >= 0.3 is 35.0 Å². The Hall–Kier alpha value is -3.79. The maximum absolute atomic E-state index is 10.9. The van der Waals surface area contributed by atoms with E-state index in [-0.39, 0.29) is 43.3 Å². The SMILES string of the molecule is C#C[Si](C)(C)C.CC(C)(C)Nc1ccc([N+](=O)[O-])cc1Br.CC(C)(C)Nc1ccc([N+](=O)[O-])cc1C#C[Si](C)(C)C.[Cl][Pd][Cl].c1ccc(P(c2ccccc2)c2ccccc2)cc1. The van der Waals surface area contributed by atoms with Crippen LogP contribution in [-0.2, 0) is 15.9 Å². The van der Waals surface area contributed by atoms with Gasteiger partial charge in [-0.15, -0.1) is 17.5 Å². The van der Waals surface area contributed by atoms with Crippen molar-refractivity contribution in [1.29, 1.82) is 0 Å². The molecule has 0 unspecified atom stereocenters. The van der Waals surface area contributed by atoms with Gasteiger partial charge in [0.2, 0.25) is 0 Å². The Morgan fingerprint density at radius 1 is 0.619 bits per heavy atom. The molecule has 0 aliphatic rings. The van der Waals surface area contributed by atoms with Crippen molar-refractivity contribution in [2.24, 2.45) is 0 Å². The molecule has 8 nitrogen and oxygen atoms in total. The number of terminal acetylenes is 1. The molecule has 0 fully saturated rings. The number of rotatable bonds is 7. The van der Waals surface area contributed by atoms with E-state index in [1.807, 2.05) is 41.5 Å². The van der Waals surface area contributed by atoms with Crippen LogP contribution in [0, 0.1) is 43.7 Å². The van der Waals surface area contributed by atoms with E-state index in [1.165, 1.54) is 34.1 Å². The molecule has 15 heteroatoms. The minimum atomic E-state index is -1.52.